The van der Waals surface area contributed by atoms with Crippen molar-refractivity contribution in [1.82, 2.24) is 9.55 Å². The molecular weight excluding hydrogens is 240 g/mol. The summed E-state index contributed by atoms with van der Waals surface area (Å²) in [5, 5.41) is 0. The Morgan fingerprint density at radius 2 is 2.05 bits per heavy atom. The van der Waals surface area contributed by atoms with Gasteiger partial charge in [-0.05, 0) is 24.7 Å². The summed E-state index contributed by atoms with van der Waals surface area (Å²) in [6.07, 6.45) is 12.6. The van der Waals surface area contributed by atoms with Crippen LogP contribution in [-0.4, -0.2) is 22.6 Å². The molecule has 19 heavy (non-hydrogen) atoms. The average molecular weight is 262 g/mol. The van der Waals surface area contributed by atoms with Gasteiger partial charge in [-0.25, -0.2) is 9.78 Å². The third-order valence-corrected chi connectivity index (χ3v) is 4.95. The van der Waals surface area contributed by atoms with Gasteiger partial charge in [-0.3, -0.25) is 0 Å². The molecule has 3 rings (SSSR count). The highest BCUT2D eigenvalue weighted by molar-refractivity contribution is 5.87. The highest BCUT2D eigenvalue weighted by Gasteiger charge is 2.36. The van der Waals surface area contributed by atoms with Crippen molar-refractivity contribution in [2.75, 3.05) is 7.11 Å². The van der Waals surface area contributed by atoms with Gasteiger partial charge in [0, 0.05) is 6.04 Å². The molecule has 2 saturated carbocycles. The fraction of sp³-hybridized carbons (Fsp3) is 0.733. The van der Waals surface area contributed by atoms with Crippen molar-refractivity contribution in [3.8, 4) is 0 Å². The van der Waals surface area contributed by atoms with Crippen molar-refractivity contribution in [3.05, 3.63) is 18.2 Å². The molecule has 1 aromatic heterocycles. The highest BCUT2D eigenvalue weighted by atomic mass is 16.5. The minimum absolute atomic E-state index is 0.268. The maximum absolute atomic E-state index is 11.8. The number of fused-ring (bicyclic) bond motifs is 1. The number of carbonyl (C=O) groups is 1. The van der Waals surface area contributed by atoms with E-state index >= 15 is 0 Å². The van der Waals surface area contributed by atoms with Crippen molar-refractivity contribution in [2.24, 2.45) is 11.8 Å². The number of aromatic nitrogens is 2. The zero-order valence-corrected chi connectivity index (χ0v) is 11.5. The van der Waals surface area contributed by atoms with Gasteiger partial charge in [0.25, 0.3) is 0 Å². The lowest BCUT2D eigenvalue weighted by Gasteiger charge is -2.42. The lowest BCUT2D eigenvalue weighted by molar-refractivity contribution is 0.0565. The van der Waals surface area contributed by atoms with E-state index in [2.05, 4.69) is 9.55 Å². The molecule has 2 aliphatic carbocycles. The van der Waals surface area contributed by atoms with E-state index in [-0.39, 0.29) is 5.97 Å². The molecule has 0 aromatic carbocycles. The molecule has 0 saturated heterocycles. The fourth-order valence-electron chi connectivity index (χ4n) is 4.08. The molecule has 104 valence electrons. The van der Waals surface area contributed by atoms with Crippen LogP contribution < -0.4 is 0 Å². The number of methoxy groups -OCH3 is 1. The maximum atomic E-state index is 11.8. The number of nitrogens with zero attached hydrogens (tertiary/aromatic N) is 2. The third-order valence-electron chi connectivity index (χ3n) is 4.95. The SMILES string of the molecule is COC(=O)c1cncn1[C@H]1CCC[C@H]2CCCC[C@@H]21. The minimum Gasteiger partial charge on any atom is -0.464 e. The van der Waals surface area contributed by atoms with Crippen LogP contribution in [-0.2, 0) is 4.74 Å². The maximum Gasteiger partial charge on any atom is 0.356 e. The Balaban J connectivity index is 1.88. The number of hydrogen-bond acceptors (Lipinski definition) is 3. The van der Waals surface area contributed by atoms with Crippen molar-refractivity contribution in [3.63, 3.8) is 0 Å². The van der Waals surface area contributed by atoms with E-state index in [1.54, 1.807) is 6.20 Å². The number of ether oxygens (including phenoxy) is 1. The van der Waals surface area contributed by atoms with Crippen LogP contribution in [0.4, 0.5) is 0 Å². The van der Waals surface area contributed by atoms with E-state index < -0.39 is 0 Å². The first-order valence-corrected chi connectivity index (χ1v) is 7.41. The van der Waals surface area contributed by atoms with Crippen LogP contribution in [0.5, 0.6) is 0 Å². The van der Waals surface area contributed by atoms with E-state index in [4.69, 9.17) is 4.74 Å². The van der Waals surface area contributed by atoms with Gasteiger partial charge in [0.2, 0.25) is 0 Å². The second kappa shape index (κ2) is 5.35. The first kappa shape index (κ1) is 12.7. The minimum atomic E-state index is -0.268. The predicted molar refractivity (Wildman–Crippen MR) is 71.9 cm³/mol. The number of esters is 1. The van der Waals surface area contributed by atoms with E-state index in [0.29, 0.717) is 11.7 Å². The Labute approximate surface area is 114 Å². The molecule has 2 fully saturated rings. The van der Waals surface area contributed by atoms with Crippen LogP contribution in [0, 0.1) is 11.8 Å². The van der Waals surface area contributed by atoms with Crippen molar-refractivity contribution in [2.45, 2.75) is 51.0 Å². The molecule has 0 aliphatic heterocycles. The summed E-state index contributed by atoms with van der Waals surface area (Å²) in [4.78, 5) is 16.0. The lowest BCUT2D eigenvalue weighted by atomic mass is 9.68. The fourth-order valence-corrected chi connectivity index (χ4v) is 4.08. The number of rotatable bonds is 2. The summed E-state index contributed by atoms with van der Waals surface area (Å²) in [7, 11) is 1.43. The predicted octanol–water partition coefficient (Wildman–Crippen LogP) is 3.20. The van der Waals surface area contributed by atoms with E-state index in [1.807, 2.05) is 6.33 Å². The normalized spacial score (nSPS) is 30.7. The summed E-state index contributed by atoms with van der Waals surface area (Å²) >= 11 is 0. The molecule has 1 aromatic rings. The average Bonchev–Trinajstić information content (AvgIpc) is 2.95. The Kier molecular flexibility index (Phi) is 3.58. The molecule has 0 amide bonds. The van der Waals surface area contributed by atoms with Crippen LogP contribution in [0.3, 0.4) is 0 Å². The molecular formula is C15H22N2O2. The highest BCUT2D eigenvalue weighted by Crippen LogP contribution is 2.46. The molecule has 4 nitrogen and oxygen atoms in total. The molecule has 3 atom stereocenters. The first-order chi connectivity index (χ1) is 9.31. The summed E-state index contributed by atoms with van der Waals surface area (Å²) < 4.78 is 6.94. The van der Waals surface area contributed by atoms with Gasteiger partial charge in [-0.2, -0.15) is 0 Å². The van der Waals surface area contributed by atoms with Gasteiger partial charge >= 0.3 is 5.97 Å². The molecule has 1 heterocycles. The summed E-state index contributed by atoms with van der Waals surface area (Å²) in [5.41, 5.74) is 0.610. The van der Waals surface area contributed by atoms with Gasteiger partial charge in [-0.1, -0.05) is 32.1 Å². The van der Waals surface area contributed by atoms with Crippen LogP contribution in [0.2, 0.25) is 0 Å². The van der Waals surface area contributed by atoms with Crippen LogP contribution in [0.15, 0.2) is 12.5 Å². The molecule has 0 bridgehead atoms. The zero-order valence-electron chi connectivity index (χ0n) is 11.5. The molecule has 2 aliphatic rings. The van der Waals surface area contributed by atoms with Gasteiger partial charge in [-0.15, -0.1) is 0 Å². The van der Waals surface area contributed by atoms with E-state index in [0.717, 1.165) is 11.8 Å². The monoisotopic (exact) mass is 262 g/mol. The Bertz CT molecular complexity index is 453. The van der Waals surface area contributed by atoms with E-state index in [1.165, 1.54) is 52.1 Å². The smallest absolute Gasteiger partial charge is 0.356 e. The standard InChI is InChI=1S/C15H22N2O2/c1-19-15(18)14-9-16-10-17(14)13-8-4-6-11-5-2-3-7-12(11)13/h9-13H,2-8H2,1H3/t11-,12+,13+/m1/s1. The summed E-state index contributed by atoms with van der Waals surface area (Å²) in [5.74, 6) is 1.30. The number of imidazole rings is 1. The molecule has 0 radical (unpaired) electrons. The Morgan fingerprint density at radius 3 is 2.89 bits per heavy atom. The lowest BCUT2D eigenvalue weighted by Crippen LogP contribution is -2.33. The zero-order chi connectivity index (χ0) is 13.2. The van der Waals surface area contributed by atoms with Crippen molar-refractivity contribution in [1.29, 1.82) is 0 Å². The van der Waals surface area contributed by atoms with Crippen molar-refractivity contribution >= 4 is 5.97 Å². The van der Waals surface area contributed by atoms with Crippen molar-refractivity contribution < 1.29 is 9.53 Å². The third kappa shape index (κ3) is 2.28. The van der Waals surface area contributed by atoms with Crippen LogP contribution in [0.25, 0.3) is 0 Å². The van der Waals surface area contributed by atoms with Crippen LogP contribution >= 0.6 is 0 Å². The second-order valence-corrected chi connectivity index (χ2v) is 5.88. The van der Waals surface area contributed by atoms with Gasteiger partial charge in [0.1, 0.15) is 5.69 Å². The molecule has 0 unspecified atom stereocenters. The Morgan fingerprint density at radius 1 is 1.26 bits per heavy atom. The summed E-state index contributed by atoms with van der Waals surface area (Å²) in [6.45, 7) is 0. The molecule has 4 heteroatoms. The van der Waals surface area contributed by atoms with Gasteiger partial charge < -0.3 is 9.30 Å². The topological polar surface area (TPSA) is 44.1 Å². The Hall–Kier alpha value is -1.32. The van der Waals surface area contributed by atoms with E-state index in [9.17, 15) is 4.79 Å². The number of carbonyl (C=O) groups excluding carboxylic acids is 1. The molecule has 0 N–H and O–H groups in total. The molecule has 0 spiro atoms. The number of hydrogen-bond donors (Lipinski definition) is 0. The first-order valence-electron chi connectivity index (χ1n) is 7.41. The van der Waals surface area contributed by atoms with Gasteiger partial charge in [0.15, 0.2) is 0 Å². The largest absolute Gasteiger partial charge is 0.464 e. The quantitative estimate of drug-likeness (QED) is 0.769. The summed E-state index contributed by atoms with van der Waals surface area (Å²) in [6, 6.07) is 0.440. The van der Waals surface area contributed by atoms with Crippen LogP contribution in [0.1, 0.15) is 61.5 Å². The second-order valence-electron chi connectivity index (χ2n) is 5.88. The van der Waals surface area contributed by atoms with Gasteiger partial charge in [0.05, 0.1) is 19.6 Å².